The molecule has 0 saturated carbocycles. The average Bonchev–Trinajstić information content (AvgIpc) is 3.00. The molecule has 1 fully saturated rings. The molecule has 2 atom stereocenters. The number of rotatable bonds is 1. The smallest absolute Gasteiger partial charge is 0.253 e. The van der Waals surface area contributed by atoms with Crippen LogP contribution in [0.5, 0.6) is 0 Å². The van der Waals surface area contributed by atoms with Crippen LogP contribution in [-0.4, -0.2) is 40.5 Å². The first-order chi connectivity index (χ1) is 12.4. The van der Waals surface area contributed by atoms with Crippen LogP contribution in [0.3, 0.4) is 0 Å². The van der Waals surface area contributed by atoms with E-state index < -0.39 is 21.8 Å². The van der Waals surface area contributed by atoms with Gasteiger partial charge in [0.05, 0.1) is 17.8 Å². The van der Waals surface area contributed by atoms with Crippen molar-refractivity contribution in [2.24, 2.45) is 0 Å². The average molecular weight is 375 g/mol. The van der Waals surface area contributed by atoms with E-state index in [0.717, 1.165) is 0 Å². The highest BCUT2D eigenvalue weighted by molar-refractivity contribution is 7.96. The highest BCUT2D eigenvalue weighted by atomic mass is 32.3. The van der Waals surface area contributed by atoms with Crippen LogP contribution in [0.25, 0.3) is 0 Å². The van der Waals surface area contributed by atoms with Crippen LogP contribution in [0.2, 0.25) is 0 Å². The van der Waals surface area contributed by atoms with Crippen LogP contribution in [-0.2, 0) is 14.6 Å². The van der Waals surface area contributed by atoms with Gasteiger partial charge < -0.3 is 14.8 Å². The molecule has 8 heteroatoms. The Morgan fingerprint density at radius 2 is 1.92 bits per heavy atom. The minimum atomic E-state index is -3.59. The number of benzene rings is 2. The predicted molar refractivity (Wildman–Crippen MR) is 94.8 cm³/mol. The number of sulfonamides is 1. The molecule has 2 heterocycles. The fourth-order valence-electron chi connectivity index (χ4n) is 3.51. The Morgan fingerprint density at radius 3 is 2.69 bits per heavy atom. The van der Waals surface area contributed by atoms with Crippen molar-refractivity contribution in [2.45, 2.75) is 16.9 Å². The molecule has 26 heavy (non-hydrogen) atoms. The minimum absolute atomic E-state index is 0.191. The van der Waals surface area contributed by atoms with E-state index in [2.05, 4.69) is 10.0 Å². The summed E-state index contributed by atoms with van der Waals surface area (Å²) in [4.78, 5) is 14.6. The molecule has 0 radical (unpaired) electrons. The number of nitrogens with one attached hydrogen (secondary N) is 2. The van der Waals surface area contributed by atoms with Crippen LogP contribution in [0, 0.1) is 5.82 Å². The summed E-state index contributed by atoms with van der Waals surface area (Å²) in [5.41, 5.74) is 0.377. The SMILES string of the molecule is O=C(c1ccc(F)cc1)N1CCC2(CN[S+](=O)([O-])c3ccccc3N2)C1. The molecule has 0 aliphatic carbocycles. The van der Waals surface area contributed by atoms with E-state index in [4.69, 9.17) is 0 Å². The Labute approximate surface area is 151 Å². The zero-order valence-electron chi connectivity index (χ0n) is 13.9. The third kappa shape index (κ3) is 3.00. The lowest BCUT2D eigenvalue weighted by atomic mass is 9.98. The van der Waals surface area contributed by atoms with Gasteiger partial charge in [-0.2, -0.15) is 0 Å². The lowest BCUT2D eigenvalue weighted by molar-refractivity contribution is 0.0786. The van der Waals surface area contributed by atoms with Crippen molar-refractivity contribution in [1.82, 2.24) is 9.62 Å². The standard InChI is InChI=1S/C18H18FN3O3S/c19-14-7-5-13(6-8-14)17(23)22-10-9-18(12-22)11-20-26(24,25)16-4-2-1-3-15(16)21-18/h1-8H,9-12H2,(H2-,20,21,24,25). The first kappa shape index (κ1) is 17.1. The van der Waals surface area contributed by atoms with Crippen LogP contribution in [0.1, 0.15) is 16.8 Å². The van der Waals surface area contributed by atoms with Crippen molar-refractivity contribution in [3.05, 3.63) is 59.9 Å². The van der Waals surface area contributed by atoms with E-state index in [1.165, 1.54) is 24.3 Å². The zero-order valence-corrected chi connectivity index (χ0v) is 14.7. The first-order valence-corrected chi connectivity index (χ1v) is 9.79. The highest BCUT2D eigenvalue weighted by Gasteiger charge is 2.45. The fourth-order valence-corrected chi connectivity index (χ4v) is 4.80. The molecule has 2 aliphatic rings. The van der Waals surface area contributed by atoms with E-state index in [1.54, 1.807) is 29.2 Å². The molecule has 2 aliphatic heterocycles. The Bertz CT molecular complexity index is 905. The van der Waals surface area contributed by atoms with Gasteiger partial charge in [-0.05, 0) is 42.8 Å². The maximum atomic E-state index is 13.1. The van der Waals surface area contributed by atoms with Crippen LogP contribution >= 0.6 is 0 Å². The fraction of sp³-hybridized carbons (Fsp3) is 0.278. The molecular weight excluding hydrogens is 357 g/mol. The van der Waals surface area contributed by atoms with Crippen LogP contribution in [0.15, 0.2) is 53.4 Å². The molecule has 0 bridgehead atoms. The maximum absolute atomic E-state index is 13.1. The van der Waals surface area contributed by atoms with Gasteiger partial charge in [0.15, 0.2) is 15.3 Å². The second kappa shape index (κ2) is 6.15. The second-order valence-electron chi connectivity index (χ2n) is 6.71. The summed E-state index contributed by atoms with van der Waals surface area (Å²) in [6, 6.07) is 12.2. The molecular formula is C18H18FN3O3S. The highest BCUT2D eigenvalue weighted by Crippen LogP contribution is 2.34. The Hall–Kier alpha value is -2.29. The third-order valence-electron chi connectivity index (χ3n) is 4.91. The number of fused-ring (bicyclic) bond motifs is 1. The van der Waals surface area contributed by atoms with Gasteiger partial charge in [-0.1, -0.05) is 16.3 Å². The Morgan fingerprint density at radius 1 is 1.19 bits per heavy atom. The summed E-state index contributed by atoms with van der Waals surface area (Å²) < 4.78 is 40.6. The quantitative estimate of drug-likeness (QED) is 0.747. The van der Waals surface area contributed by atoms with E-state index in [9.17, 15) is 17.9 Å². The van der Waals surface area contributed by atoms with Crippen LogP contribution in [0.4, 0.5) is 10.1 Å². The summed E-state index contributed by atoms with van der Waals surface area (Å²) in [5.74, 6) is -0.583. The largest absolute Gasteiger partial charge is 0.593 e. The number of anilines is 1. The Kier molecular flexibility index (Phi) is 4.06. The number of para-hydroxylation sites is 1. The van der Waals surface area contributed by atoms with E-state index in [1.807, 2.05) is 0 Å². The van der Waals surface area contributed by atoms with Gasteiger partial charge in [0.1, 0.15) is 5.82 Å². The molecule has 0 aromatic heterocycles. The van der Waals surface area contributed by atoms with Crippen molar-refractivity contribution < 1.29 is 17.9 Å². The maximum Gasteiger partial charge on any atom is 0.253 e. The number of hydrogen-bond acceptors (Lipinski definition) is 4. The monoisotopic (exact) mass is 375 g/mol. The van der Waals surface area contributed by atoms with Gasteiger partial charge in [0.25, 0.3) is 5.91 Å². The molecule has 2 aromatic rings. The van der Waals surface area contributed by atoms with Gasteiger partial charge in [0.2, 0.25) is 0 Å². The topological polar surface area (TPSA) is 84.5 Å². The van der Waals surface area contributed by atoms with Crippen molar-refractivity contribution >= 4 is 22.0 Å². The second-order valence-corrected chi connectivity index (χ2v) is 8.45. The number of halogens is 1. The molecule has 2 aromatic carbocycles. The van der Waals surface area contributed by atoms with Gasteiger partial charge in [-0.25, -0.2) is 4.39 Å². The van der Waals surface area contributed by atoms with Crippen molar-refractivity contribution in [1.29, 1.82) is 0 Å². The summed E-state index contributed by atoms with van der Waals surface area (Å²) in [6.45, 7) is 1.05. The minimum Gasteiger partial charge on any atom is -0.593 e. The van der Waals surface area contributed by atoms with E-state index >= 15 is 0 Å². The third-order valence-corrected chi connectivity index (χ3v) is 6.37. The lowest BCUT2D eigenvalue weighted by Gasteiger charge is -2.29. The number of amides is 1. The van der Waals surface area contributed by atoms with E-state index in [-0.39, 0.29) is 17.3 Å². The normalized spacial score (nSPS) is 27.7. The van der Waals surface area contributed by atoms with Crippen molar-refractivity contribution in [3.63, 3.8) is 0 Å². The Balaban J connectivity index is 1.59. The summed E-state index contributed by atoms with van der Waals surface area (Å²) in [7, 11) is -3.59. The summed E-state index contributed by atoms with van der Waals surface area (Å²) >= 11 is 0. The summed E-state index contributed by atoms with van der Waals surface area (Å²) in [6.07, 6.45) is 0.608. The molecule has 6 nitrogen and oxygen atoms in total. The van der Waals surface area contributed by atoms with Crippen molar-refractivity contribution in [2.75, 3.05) is 25.0 Å². The molecule has 136 valence electrons. The molecule has 4 rings (SSSR count). The number of likely N-dealkylation sites (tertiary alicyclic amines) is 1. The van der Waals surface area contributed by atoms with Gasteiger partial charge >= 0.3 is 0 Å². The lowest BCUT2D eigenvalue weighted by Crippen LogP contribution is -2.50. The molecule has 1 spiro atoms. The van der Waals surface area contributed by atoms with Gasteiger partial charge in [-0.3, -0.25) is 4.79 Å². The molecule has 2 unspecified atom stereocenters. The van der Waals surface area contributed by atoms with Gasteiger partial charge in [0, 0.05) is 18.7 Å². The first-order valence-electron chi connectivity index (χ1n) is 8.30. The van der Waals surface area contributed by atoms with E-state index in [0.29, 0.717) is 30.8 Å². The molecule has 2 N–H and O–H groups in total. The van der Waals surface area contributed by atoms with Crippen molar-refractivity contribution in [3.8, 4) is 0 Å². The predicted octanol–water partition coefficient (Wildman–Crippen LogP) is 2.03. The number of nitrogens with zero attached hydrogens (tertiary/aromatic N) is 1. The van der Waals surface area contributed by atoms with Gasteiger partial charge in [-0.15, -0.1) is 4.72 Å². The number of carbonyl (C=O) groups is 1. The van der Waals surface area contributed by atoms with Crippen LogP contribution < -0.4 is 10.0 Å². The number of carbonyl (C=O) groups excluding carboxylic acids is 1. The zero-order chi connectivity index (χ0) is 18.4. The molecule has 1 amide bonds. The molecule has 1 saturated heterocycles. The number of hydrogen-bond donors (Lipinski definition) is 2. The summed E-state index contributed by atoms with van der Waals surface area (Å²) in [5, 5.41) is 3.34.